The van der Waals surface area contributed by atoms with Crippen LogP contribution in [0.15, 0.2) is 48.8 Å². The fourth-order valence-electron chi connectivity index (χ4n) is 3.96. The van der Waals surface area contributed by atoms with Crippen molar-refractivity contribution in [2.45, 2.75) is 6.92 Å². The summed E-state index contributed by atoms with van der Waals surface area (Å²) in [5.41, 5.74) is 4.80. The van der Waals surface area contributed by atoms with E-state index < -0.39 is 0 Å². The van der Waals surface area contributed by atoms with E-state index in [9.17, 15) is 4.79 Å². The quantitative estimate of drug-likeness (QED) is 0.453. The standard InChI is InChI=1S/C24H25N7O2S/c1-16-13-17(5-7-25-16)19-3-4-20-23(27-19)34-24(28-20)29-21-14-18(6-8-26-21)30-9-11-31(12-10-30)22(32)15-33-2/h3-8,13-14H,9-12,15H2,1-2H3,(H,26,28,29). The Bertz CT molecular complexity index is 1320. The van der Waals surface area contributed by atoms with Crippen LogP contribution in [0.2, 0.25) is 0 Å². The van der Waals surface area contributed by atoms with Crippen molar-refractivity contribution in [3.05, 3.63) is 54.5 Å². The number of carbonyl (C=O) groups excluding carboxylic acids is 1. The van der Waals surface area contributed by atoms with E-state index in [1.54, 1.807) is 19.5 Å². The fourth-order valence-corrected chi connectivity index (χ4v) is 4.80. The molecule has 4 aromatic rings. The van der Waals surface area contributed by atoms with E-state index in [1.165, 1.54) is 11.3 Å². The molecule has 9 nitrogen and oxygen atoms in total. The summed E-state index contributed by atoms with van der Waals surface area (Å²) in [6.45, 7) is 4.98. The molecule has 5 rings (SSSR count). The lowest BCUT2D eigenvalue weighted by Crippen LogP contribution is -2.49. The summed E-state index contributed by atoms with van der Waals surface area (Å²) in [5, 5.41) is 4.06. The van der Waals surface area contributed by atoms with E-state index in [0.29, 0.717) is 13.1 Å². The largest absolute Gasteiger partial charge is 0.375 e. The zero-order valence-corrected chi connectivity index (χ0v) is 19.9. The number of nitrogens with zero attached hydrogens (tertiary/aromatic N) is 6. The SMILES string of the molecule is COCC(=O)N1CCN(c2ccnc(Nc3nc4ccc(-c5ccnc(C)c5)nc4s3)c2)CC1. The number of thiazole rings is 1. The summed E-state index contributed by atoms with van der Waals surface area (Å²) in [4.78, 5) is 35.2. The number of piperazine rings is 1. The zero-order chi connectivity index (χ0) is 23.5. The lowest BCUT2D eigenvalue weighted by atomic mass is 10.1. The zero-order valence-electron chi connectivity index (χ0n) is 19.1. The number of ether oxygens (including phenoxy) is 1. The van der Waals surface area contributed by atoms with Gasteiger partial charge in [-0.05, 0) is 37.3 Å². The smallest absolute Gasteiger partial charge is 0.248 e. The second kappa shape index (κ2) is 9.70. The monoisotopic (exact) mass is 475 g/mol. The van der Waals surface area contributed by atoms with Crippen LogP contribution >= 0.6 is 11.3 Å². The number of amides is 1. The molecule has 1 aliphatic heterocycles. The van der Waals surface area contributed by atoms with Gasteiger partial charge in [-0.3, -0.25) is 9.78 Å². The number of aryl methyl sites for hydroxylation is 1. The van der Waals surface area contributed by atoms with Crippen molar-refractivity contribution in [1.82, 2.24) is 24.8 Å². The molecule has 0 aromatic carbocycles. The number of rotatable bonds is 6. The summed E-state index contributed by atoms with van der Waals surface area (Å²) in [6.07, 6.45) is 3.59. The Morgan fingerprint density at radius 3 is 2.68 bits per heavy atom. The van der Waals surface area contributed by atoms with Crippen molar-refractivity contribution in [2.24, 2.45) is 0 Å². The molecule has 34 heavy (non-hydrogen) atoms. The molecule has 0 saturated carbocycles. The first-order chi connectivity index (χ1) is 16.6. The number of anilines is 3. The molecule has 0 bridgehead atoms. The summed E-state index contributed by atoms with van der Waals surface area (Å²) < 4.78 is 4.96. The van der Waals surface area contributed by atoms with Gasteiger partial charge in [0.2, 0.25) is 5.91 Å². The number of nitrogens with one attached hydrogen (secondary N) is 1. The summed E-state index contributed by atoms with van der Waals surface area (Å²) in [6, 6.07) is 12.0. The molecular weight excluding hydrogens is 450 g/mol. The Morgan fingerprint density at radius 1 is 1.06 bits per heavy atom. The number of fused-ring (bicyclic) bond motifs is 1. The van der Waals surface area contributed by atoms with Gasteiger partial charge in [0, 0.05) is 68.7 Å². The molecule has 0 spiro atoms. The van der Waals surface area contributed by atoms with Crippen LogP contribution in [0, 0.1) is 6.92 Å². The average molecular weight is 476 g/mol. The Balaban J connectivity index is 1.29. The van der Waals surface area contributed by atoms with E-state index in [-0.39, 0.29) is 12.5 Å². The molecule has 1 amide bonds. The van der Waals surface area contributed by atoms with Crippen LogP contribution in [-0.2, 0) is 9.53 Å². The number of aromatic nitrogens is 4. The average Bonchev–Trinajstić information content (AvgIpc) is 3.26. The van der Waals surface area contributed by atoms with Crippen LogP contribution in [0.4, 0.5) is 16.6 Å². The Labute approximate surface area is 201 Å². The van der Waals surface area contributed by atoms with Gasteiger partial charge >= 0.3 is 0 Å². The summed E-state index contributed by atoms with van der Waals surface area (Å²) in [5.74, 6) is 0.755. The van der Waals surface area contributed by atoms with Crippen LogP contribution in [0.5, 0.6) is 0 Å². The minimum Gasteiger partial charge on any atom is -0.375 e. The minimum absolute atomic E-state index is 0.0332. The van der Waals surface area contributed by atoms with Gasteiger partial charge in [0.1, 0.15) is 22.8 Å². The molecule has 1 saturated heterocycles. The van der Waals surface area contributed by atoms with Crippen molar-refractivity contribution in [3.63, 3.8) is 0 Å². The third-order valence-electron chi connectivity index (χ3n) is 5.69. The molecule has 1 aliphatic rings. The van der Waals surface area contributed by atoms with E-state index in [2.05, 4.69) is 25.2 Å². The lowest BCUT2D eigenvalue weighted by molar-refractivity contribution is -0.135. The number of hydrogen-bond acceptors (Lipinski definition) is 9. The maximum Gasteiger partial charge on any atom is 0.248 e. The molecule has 1 N–H and O–H groups in total. The van der Waals surface area contributed by atoms with Gasteiger partial charge in [-0.25, -0.2) is 15.0 Å². The lowest BCUT2D eigenvalue weighted by Gasteiger charge is -2.36. The van der Waals surface area contributed by atoms with Gasteiger partial charge in [0.25, 0.3) is 0 Å². The molecular formula is C24H25N7O2S. The van der Waals surface area contributed by atoms with Gasteiger partial charge in [0.15, 0.2) is 5.13 Å². The molecule has 0 aliphatic carbocycles. The van der Waals surface area contributed by atoms with Crippen molar-refractivity contribution >= 4 is 44.2 Å². The molecule has 0 radical (unpaired) electrons. The van der Waals surface area contributed by atoms with E-state index in [1.807, 2.05) is 48.2 Å². The van der Waals surface area contributed by atoms with Crippen LogP contribution in [0.3, 0.4) is 0 Å². The molecule has 5 heterocycles. The molecule has 1 fully saturated rings. The van der Waals surface area contributed by atoms with Gasteiger partial charge in [-0.2, -0.15) is 0 Å². The van der Waals surface area contributed by atoms with Gasteiger partial charge in [0.05, 0.1) is 5.69 Å². The topological polar surface area (TPSA) is 96.4 Å². The number of pyridine rings is 3. The van der Waals surface area contributed by atoms with Crippen LogP contribution in [-0.4, -0.2) is 70.6 Å². The van der Waals surface area contributed by atoms with E-state index in [4.69, 9.17) is 9.72 Å². The van der Waals surface area contributed by atoms with E-state index in [0.717, 1.165) is 57.0 Å². The highest BCUT2D eigenvalue weighted by Gasteiger charge is 2.21. The Hall–Kier alpha value is -3.63. The van der Waals surface area contributed by atoms with Crippen molar-refractivity contribution in [2.75, 3.05) is 50.1 Å². The Morgan fingerprint density at radius 2 is 1.88 bits per heavy atom. The second-order valence-electron chi connectivity index (χ2n) is 8.05. The van der Waals surface area contributed by atoms with Crippen molar-refractivity contribution in [1.29, 1.82) is 0 Å². The fraction of sp³-hybridized carbons (Fsp3) is 0.292. The predicted octanol–water partition coefficient (Wildman–Crippen LogP) is 3.50. The second-order valence-corrected chi connectivity index (χ2v) is 9.03. The highest BCUT2D eigenvalue weighted by atomic mass is 32.1. The molecule has 10 heteroatoms. The predicted molar refractivity (Wildman–Crippen MR) is 134 cm³/mol. The first kappa shape index (κ1) is 22.2. The molecule has 174 valence electrons. The van der Waals surface area contributed by atoms with Gasteiger partial charge in [-0.1, -0.05) is 11.3 Å². The van der Waals surface area contributed by atoms with Crippen molar-refractivity contribution < 1.29 is 9.53 Å². The van der Waals surface area contributed by atoms with Gasteiger partial charge in [-0.15, -0.1) is 0 Å². The first-order valence-corrected chi connectivity index (χ1v) is 11.9. The van der Waals surface area contributed by atoms with Crippen LogP contribution in [0.25, 0.3) is 21.6 Å². The van der Waals surface area contributed by atoms with Crippen molar-refractivity contribution in [3.8, 4) is 11.3 Å². The normalized spacial score (nSPS) is 13.9. The maximum absolute atomic E-state index is 12.0. The Kier molecular flexibility index (Phi) is 6.33. The third-order valence-corrected chi connectivity index (χ3v) is 6.57. The van der Waals surface area contributed by atoms with E-state index >= 15 is 0 Å². The van der Waals surface area contributed by atoms with Crippen LogP contribution in [0.1, 0.15) is 5.69 Å². The minimum atomic E-state index is 0.0332. The first-order valence-electron chi connectivity index (χ1n) is 11.0. The highest BCUT2D eigenvalue weighted by molar-refractivity contribution is 7.21. The van der Waals surface area contributed by atoms with Crippen LogP contribution < -0.4 is 10.2 Å². The maximum atomic E-state index is 12.0. The number of hydrogen-bond donors (Lipinski definition) is 1. The number of carbonyl (C=O) groups is 1. The molecule has 0 unspecified atom stereocenters. The molecule has 0 atom stereocenters. The summed E-state index contributed by atoms with van der Waals surface area (Å²) in [7, 11) is 1.54. The summed E-state index contributed by atoms with van der Waals surface area (Å²) >= 11 is 1.50. The third kappa shape index (κ3) is 4.82. The number of methoxy groups -OCH3 is 1. The highest BCUT2D eigenvalue weighted by Crippen LogP contribution is 2.30. The van der Waals surface area contributed by atoms with Gasteiger partial charge < -0.3 is 19.9 Å². The molecule has 4 aromatic heterocycles.